The molecule has 1 saturated heterocycles. The summed E-state index contributed by atoms with van der Waals surface area (Å²) in [6, 6.07) is 12.4. The van der Waals surface area contributed by atoms with Crippen molar-refractivity contribution >= 4 is 12.4 Å². The van der Waals surface area contributed by atoms with E-state index in [1.54, 1.807) is 14.2 Å². The van der Waals surface area contributed by atoms with E-state index in [0.29, 0.717) is 11.5 Å². The Morgan fingerprint density at radius 1 is 1.07 bits per heavy atom. The number of hydrogen-bond donors (Lipinski definition) is 1. The molecule has 154 valence electrons. The lowest BCUT2D eigenvalue weighted by Gasteiger charge is -2.34. The topological polar surface area (TPSA) is 41.9 Å². The molecule has 0 unspecified atom stereocenters. The number of rotatable bonds is 7. The number of ether oxygens (including phenoxy) is 2. The van der Waals surface area contributed by atoms with Crippen LogP contribution in [0.2, 0.25) is 0 Å². The van der Waals surface area contributed by atoms with Gasteiger partial charge in [0.05, 0.1) is 20.3 Å². The zero-order chi connectivity index (χ0) is 19.2. The minimum atomic E-state index is -0.561. The molecule has 0 amide bonds. The molecule has 1 aliphatic rings. The van der Waals surface area contributed by atoms with Gasteiger partial charge in [-0.1, -0.05) is 24.3 Å². The second-order valence-electron chi connectivity index (χ2n) is 7.08. The van der Waals surface area contributed by atoms with Gasteiger partial charge in [-0.2, -0.15) is 0 Å². The third kappa shape index (κ3) is 5.37. The van der Waals surface area contributed by atoms with Crippen LogP contribution in [0, 0.1) is 11.7 Å². The van der Waals surface area contributed by atoms with E-state index >= 15 is 0 Å². The molecule has 6 heteroatoms. The van der Waals surface area contributed by atoms with E-state index in [-0.39, 0.29) is 24.1 Å². The Morgan fingerprint density at radius 3 is 2.36 bits per heavy atom. The van der Waals surface area contributed by atoms with Crippen molar-refractivity contribution in [3.8, 4) is 11.5 Å². The van der Waals surface area contributed by atoms with Gasteiger partial charge in [0, 0.05) is 12.1 Å². The number of hydrogen-bond acceptors (Lipinski definition) is 4. The fourth-order valence-electron chi connectivity index (χ4n) is 3.83. The van der Waals surface area contributed by atoms with Crippen LogP contribution in [0.3, 0.4) is 0 Å². The summed E-state index contributed by atoms with van der Waals surface area (Å²) >= 11 is 0. The molecule has 0 aliphatic carbocycles. The maximum absolute atomic E-state index is 13.0. The molecule has 4 nitrogen and oxygen atoms in total. The van der Waals surface area contributed by atoms with Crippen LogP contribution in [0.15, 0.2) is 42.5 Å². The first kappa shape index (κ1) is 22.5. The van der Waals surface area contributed by atoms with E-state index in [4.69, 9.17) is 9.47 Å². The highest BCUT2D eigenvalue weighted by atomic mass is 35.5. The van der Waals surface area contributed by atoms with E-state index in [0.717, 1.165) is 50.0 Å². The van der Waals surface area contributed by atoms with Gasteiger partial charge in [-0.05, 0) is 62.0 Å². The lowest BCUT2D eigenvalue weighted by atomic mass is 9.87. The average Bonchev–Trinajstić information content (AvgIpc) is 2.72. The third-order valence-corrected chi connectivity index (χ3v) is 5.46. The largest absolute Gasteiger partial charge is 0.493 e. The number of halogens is 2. The first-order valence-electron chi connectivity index (χ1n) is 9.48. The maximum Gasteiger partial charge on any atom is 0.166 e. The number of aliphatic hydroxyl groups is 1. The smallest absolute Gasteiger partial charge is 0.166 e. The first-order valence-corrected chi connectivity index (χ1v) is 9.48. The molecule has 1 N–H and O–H groups in total. The van der Waals surface area contributed by atoms with Crippen molar-refractivity contribution in [2.24, 2.45) is 5.92 Å². The van der Waals surface area contributed by atoms with Gasteiger partial charge >= 0.3 is 0 Å². The summed E-state index contributed by atoms with van der Waals surface area (Å²) in [7, 11) is 3.21. The molecule has 3 rings (SSSR count). The molecule has 1 heterocycles. The monoisotopic (exact) mass is 409 g/mol. The van der Waals surface area contributed by atoms with Gasteiger partial charge in [0.1, 0.15) is 5.82 Å². The molecule has 1 atom stereocenters. The van der Waals surface area contributed by atoms with Gasteiger partial charge in [0.2, 0.25) is 0 Å². The molecule has 1 aliphatic heterocycles. The Balaban J connectivity index is 0.00000280. The molecule has 0 bridgehead atoms. The highest BCUT2D eigenvalue weighted by molar-refractivity contribution is 5.85. The van der Waals surface area contributed by atoms with E-state index in [1.165, 1.54) is 12.1 Å². The fourth-order valence-corrected chi connectivity index (χ4v) is 3.83. The Morgan fingerprint density at radius 2 is 1.75 bits per heavy atom. The number of piperidine rings is 1. The Hall–Kier alpha value is -1.82. The zero-order valence-corrected chi connectivity index (χ0v) is 17.3. The van der Waals surface area contributed by atoms with Gasteiger partial charge < -0.3 is 19.5 Å². The summed E-state index contributed by atoms with van der Waals surface area (Å²) in [6.07, 6.45) is 2.22. The minimum absolute atomic E-state index is 0. The van der Waals surface area contributed by atoms with Gasteiger partial charge in [0.15, 0.2) is 11.5 Å². The SMILES string of the molecule is COc1cccc([C@@H](O)C2CCN(CCc3ccc(F)cc3)CC2)c1OC.Cl. The number of para-hydroxylation sites is 1. The Bertz CT molecular complexity index is 733. The second kappa shape index (κ2) is 10.6. The van der Waals surface area contributed by atoms with Crippen molar-refractivity contribution < 1.29 is 19.0 Å². The number of benzene rings is 2. The van der Waals surface area contributed by atoms with Gasteiger partial charge in [0.25, 0.3) is 0 Å². The maximum atomic E-state index is 13.0. The van der Waals surface area contributed by atoms with Crippen LogP contribution < -0.4 is 9.47 Å². The summed E-state index contributed by atoms with van der Waals surface area (Å²) in [5, 5.41) is 10.9. The van der Waals surface area contributed by atoms with E-state index in [2.05, 4.69) is 4.90 Å². The third-order valence-electron chi connectivity index (χ3n) is 5.46. The number of nitrogens with zero attached hydrogens (tertiary/aromatic N) is 1. The number of likely N-dealkylation sites (tertiary alicyclic amines) is 1. The highest BCUT2D eigenvalue weighted by Gasteiger charge is 2.28. The Kier molecular flexibility index (Phi) is 8.55. The summed E-state index contributed by atoms with van der Waals surface area (Å²) in [5.41, 5.74) is 1.95. The molecule has 0 spiro atoms. The first-order chi connectivity index (χ1) is 13.1. The van der Waals surface area contributed by atoms with Crippen LogP contribution in [0.25, 0.3) is 0 Å². The average molecular weight is 410 g/mol. The van der Waals surface area contributed by atoms with Gasteiger partial charge in [-0.15, -0.1) is 12.4 Å². The van der Waals surface area contributed by atoms with Crippen molar-refractivity contribution in [3.05, 3.63) is 59.4 Å². The minimum Gasteiger partial charge on any atom is -0.493 e. The van der Waals surface area contributed by atoms with Crippen molar-refractivity contribution in [1.82, 2.24) is 4.90 Å². The molecule has 1 fully saturated rings. The van der Waals surface area contributed by atoms with Crippen LogP contribution in [-0.2, 0) is 6.42 Å². The lowest BCUT2D eigenvalue weighted by Crippen LogP contribution is -2.36. The van der Waals surface area contributed by atoms with Crippen LogP contribution in [0.5, 0.6) is 11.5 Å². The predicted octanol–water partition coefficient (Wildman–Crippen LogP) is 4.25. The molecule has 28 heavy (non-hydrogen) atoms. The van der Waals surface area contributed by atoms with Crippen molar-refractivity contribution in [2.45, 2.75) is 25.4 Å². The molecular formula is C22H29ClFNO3. The van der Waals surface area contributed by atoms with E-state index in [1.807, 2.05) is 30.3 Å². The van der Waals surface area contributed by atoms with Crippen molar-refractivity contribution in [2.75, 3.05) is 33.9 Å². The summed E-state index contributed by atoms with van der Waals surface area (Å²) in [4.78, 5) is 2.41. The Labute approximate surface area is 172 Å². The number of aliphatic hydroxyl groups excluding tert-OH is 1. The van der Waals surface area contributed by atoms with Gasteiger partial charge in [-0.25, -0.2) is 4.39 Å². The molecule has 0 saturated carbocycles. The van der Waals surface area contributed by atoms with Crippen molar-refractivity contribution in [1.29, 1.82) is 0 Å². The molecule has 2 aromatic carbocycles. The quantitative estimate of drug-likeness (QED) is 0.742. The van der Waals surface area contributed by atoms with Crippen LogP contribution in [-0.4, -0.2) is 43.9 Å². The van der Waals surface area contributed by atoms with Crippen LogP contribution in [0.4, 0.5) is 4.39 Å². The molecule has 0 radical (unpaired) electrons. The van der Waals surface area contributed by atoms with Crippen molar-refractivity contribution in [3.63, 3.8) is 0 Å². The number of methoxy groups -OCH3 is 2. The highest BCUT2D eigenvalue weighted by Crippen LogP contribution is 2.39. The van der Waals surface area contributed by atoms with E-state index in [9.17, 15) is 9.50 Å². The summed E-state index contributed by atoms with van der Waals surface area (Å²) in [6.45, 7) is 2.86. The standard InChI is InChI=1S/C22H28FNO3.ClH/c1-26-20-5-3-4-19(22(20)27-2)21(25)17-11-14-24(15-12-17)13-10-16-6-8-18(23)9-7-16;/h3-9,17,21,25H,10-15H2,1-2H3;1H/t21-;/m0./s1. The summed E-state index contributed by atoms with van der Waals surface area (Å²) in [5.74, 6) is 1.27. The van der Waals surface area contributed by atoms with E-state index < -0.39 is 6.10 Å². The van der Waals surface area contributed by atoms with Crippen LogP contribution in [0.1, 0.15) is 30.1 Å². The van der Waals surface area contributed by atoms with Crippen LogP contribution >= 0.6 is 12.4 Å². The zero-order valence-electron chi connectivity index (χ0n) is 16.4. The normalized spacial score (nSPS) is 16.3. The molecule has 0 aromatic heterocycles. The predicted molar refractivity (Wildman–Crippen MR) is 111 cm³/mol. The molecule has 2 aromatic rings. The summed E-state index contributed by atoms with van der Waals surface area (Å²) < 4.78 is 23.8. The molecular weight excluding hydrogens is 381 g/mol. The fraction of sp³-hybridized carbons (Fsp3) is 0.455. The lowest BCUT2D eigenvalue weighted by molar-refractivity contribution is 0.0573. The second-order valence-corrected chi connectivity index (χ2v) is 7.08. The van der Waals surface area contributed by atoms with Gasteiger partial charge in [-0.3, -0.25) is 0 Å².